The molecule has 0 aromatic heterocycles. The maximum Gasteiger partial charge on any atom is 0.328 e. The molecule has 1 aliphatic rings. The van der Waals surface area contributed by atoms with Gasteiger partial charge >= 0.3 is 18.0 Å². The van der Waals surface area contributed by atoms with Crippen LogP contribution in [0.3, 0.4) is 0 Å². The number of nitrogens with one attached hydrogen (secondary N) is 1. The van der Waals surface area contributed by atoms with Crippen LogP contribution in [0.4, 0.5) is 4.79 Å². The Morgan fingerprint density at radius 3 is 2.37 bits per heavy atom. The van der Waals surface area contributed by atoms with Crippen LogP contribution in [-0.2, 0) is 25.7 Å². The van der Waals surface area contributed by atoms with Crippen molar-refractivity contribution in [3.05, 3.63) is 35.9 Å². The minimum absolute atomic E-state index is 0.0966. The molecule has 9 heteroatoms. The van der Waals surface area contributed by atoms with Crippen molar-refractivity contribution in [1.29, 1.82) is 0 Å². The lowest BCUT2D eigenvalue weighted by Gasteiger charge is -2.26. The molecule has 1 aliphatic heterocycles. The lowest BCUT2D eigenvalue weighted by molar-refractivity contribution is -0.148. The summed E-state index contributed by atoms with van der Waals surface area (Å²) < 4.78 is 5.17. The highest BCUT2D eigenvalue weighted by atomic mass is 16.5. The largest absolute Gasteiger partial charge is 0.480 e. The van der Waals surface area contributed by atoms with E-state index < -0.39 is 42.0 Å². The molecule has 1 aromatic carbocycles. The van der Waals surface area contributed by atoms with Gasteiger partial charge in [0.1, 0.15) is 6.04 Å². The number of esters is 1. The topological polar surface area (TPSA) is 116 Å². The van der Waals surface area contributed by atoms with E-state index in [-0.39, 0.29) is 19.7 Å². The van der Waals surface area contributed by atoms with E-state index in [1.165, 1.54) is 11.3 Å². The van der Waals surface area contributed by atoms with E-state index in [9.17, 15) is 24.3 Å². The van der Waals surface area contributed by atoms with Crippen molar-refractivity contribution in [3.63, 3.8) is 0 Å². The number of nitrogens with zero attached hydrogens (tertiary/aromatic N) is 2. The zero-order chi connectivity index (χ0) is 25.8. The highest BCUT2D eigenvalue weighted by Gasteiger charge is 2.46. The molecule has 2 rings (SSSR count). The molecule has 1 saturated heterocycles. The predicted molar refractivity (Wildman–Crippen MR) is 132 cm³/mol. The minimum atomic E-state index is -1.29. The number of carbonyl (C=O) groups excluding carboxylic acids is 3. The molecular weight excluding hydrogens is 450 g/mol. The van der Waals surface area contributed by atoms with Crippen LogP contribution in [0.25, 0.3) is 0 Å². The first-order chi connectivity index (χ1) is 16.8. The predicted octanol–water partition coefficient (Wildman–Crippen LogP) is 3.56. The fraction of sp³-hybridized carbons (Fsp3) is 0.615. The number of hydrogen-bond donors (Lipinski definition) is 2. The molecule has 2 N–H and O–H groups in total. The van der Waals surface area contributed by atoms with Crippen molar-refractivity contribution >= 4 is 23.9 Å². The van der Waals surface area contributed by atoms with Gasteiger partial charge in [0.25, 0.3) is 0 Å². The number of ether oxygens (including phenoxy) is 1. The number of aliphatic carboxylic acids is 1. The van der Waals surface area contributed by atoms with Gasteiger partial charge in [0.05, 0.1) is 19.2 Å². The second-order valence-corrected chi connectivity index (χ2v) is 8.96. The first kappa shape index (κ1) is 28.3. The van der Waals surface area contributed by atoms with Gasteiger partial charge in [-0.05, 0) is 25.8 Å². The van der Waals surface area contributed by atoms with Gasteiger partial charge in [-0.2, -0.15) is 0 Å². The Labute approximate surface area is 207 Å². The van der Waals surface area contributed by atoms with E-state index in [0.717, 1.165) is 42.6 Å². The quantitative estimate of drug-likeness (QED) is 0.286. The number of amides is 3. The van der Waals surface area contributed by atoms with Crippen LogP contribution >= 0.6 is 0 Å². The van der Waals surface area contributed by atoms with Crippen LogP contribution in [0.5, 0.6) is 0 Å². The number of carbonyl (C=O) groups is 4. The molecule has 0 saturated carbocycles. The SMILES string of the molecule is CCCCCCCC[C@H](N[C@@H](C)C(=O)N1C(=O)N(Cc2ccccc2)C[C@H]1C(=O)O)C(=O)OCC. The number of carboxylic acids is 1. The molecule has 0 aliphatic carbocycles. The zero-order valence-electron chi connectivity index (χ0n) is 21.1. The Morgan fingerprint density at radius 1 is 1.09 bits per heavy atom. The number of carboxylic acid groups (broad SMARTS) is 1. The first-order valence-corrected chi connectivity index (χ1v) is 12.6. The summed E-state index contributed by atoms with van der Waals surface area (Å²) in [6.45, 7) is 5.74. The van der Waals surface area contributed by atoms with Crippen LogP contribution in [0, 0.1) is 0 Å². The summed E-state index contributed by atoms with van der Waals surface area (Å²) in [5.74, 6) is -2.37. The number of imide groups is 1. The Balaban J connectivity index is 2.05. The number of unbranched alkanes of at least 4 members (excludes halogenated alkanes) is 5. The van der Waals surface area contributed by atoms with Gasteiger partial charge in [-0.25, -0.2) is 14.5 Å². The van der Waals surface area contributed by atoms with E-state index in [1.807, 2.05) is 30.3 Å². The fourth-order valence-corrected chi connectivity index (χ4v) is 4.25. The average Bonchev–Trinajstić information content (AvgIpc) is 3.16. The number of rotatable bonds is 15. The van der Waals surface area contributed by atoms with Crippen LogP contribution in [-0.4, -0.2) is 70.1 Å². The molecule has 35 heavy (non-hydrogen) atoms. The summed E-state index contributed by atoms with van der Waals surface area (Å²) in [7, 11) is 0. The zero-order valence-corrected chi connectivity index (χ0v) is 21.1. The maximum absolute atomic E-state index is 13.2. The Bertz CT molecular complexity index is 847. The summed E-state index contributed by atoms with van der Waals surface area (Å²) in [5.41, 5.74) is 0.840. The molecule has 0 unspecified atom stereocenters. The van der Waals surface area contributed by atoms with Crippen molar-refractivity contribution in [1.82, 2.24) is 15.1 Å². The highest BCUT2D eigenvalue weighted by molar-refractivity contribution is 6.02. The molecule has 3 atom stereocenters. The smallest absolute Gasteiger partial charge is 0.328 e. The van der Waals surface area contributed by atoms with Crippen molar-refractivity contribution in [3.8, 4) is 0 Å². The molecule has 0 radical (unpaired) electrons. The van der Waals surface area contributed by atoms with Crippen molar-refractivity contribution in [2.75, 3.05) is 13.2 Å². The van der Waals surface area contributed by atoms with Gasteiger partial charge in [0.2, 0.25) is 5.91 Å². The summed E-state index contributed by atoms with van der Waals surface area (Å²) >= 11 is 0. The molecule has 0 spiro atoms. The van der Waals surface area contributed by atoms with Gasteiger partial charge in [0.15, 0.2) is 6.04 Å². The summed E-state index contributed by atoms with van der Waals surface area (Å²) in [5, 5.41) is 12.7. The summed E-state index contributed by atoms with van der Waals surface area (Å²) in [4.78, 5) is 52.8. The molecule has 1 fully saturated rings. The third-order valence-electron chi connectivity index (χ3n) is 6.16. The number of benzene rings is 1. The van der Waals surface area contributed by atoms with Gasteiger partial charge < -0.3 is 14.7 Å². The molecule has 3 amide bonds. The maximum atomic E-state index is 13.2. The van der Waals surface area contributed by atoms with E-state index >= 15 is 0 Å². The second kappa shape index (κ2) is 14.5. The van der Waals surface area contributed by atoms with Crippen LogP contribution in [0.2, 0.25) is 0 Å². The molecule has 1 heterocycles. The second-order valence-electron chi connectivity index (χ2n) is 8.96. The monoisotopic (exact) mass is 489 g/mol. The minimum Gasteiger partial charge on any atom is -0.480 e. The van der Waals surface area contributed by atoms with Crippen molar-refractivity contribution < 1.29 is 29.0 Å². The molecule has 194 valence electrons. The highest BCUT2D eigenvalue weighted by Crippen LogP contribution is 2.21. The van der Waals surface area contributed by atoms with Crippen LogP contribution in [0.15, 0.2) is 30.3 Å². The molecule has 0 bridgehead atoms. The lowest BCUT2D eigenvalue weighted by atomic mass is 10.0. The number of urea groups is 1. The van der Waals surface area contributed by atoms with E-state index in [4.69, 9.17) is 4.74 Å². The number of hydrogen-bond acceptors (Lipinski definition) is 6. The molecule has 9 nitrogen and oxygen atoms in total. The van der Waals surface area contributed by atoms with E-state index in [2.05, 4.69) is 12.2 Å². The van der Waals surface area contributed by atoms with Crippen LogP contribution < -0.4 is 5.32 Å². The first-order valence-electron chi connectivity index (χ1n) is 12.6. The third kappa shape index (κ3) is 8.35. The fourth-order valence-electron chi connectivity index (χ4n) is 4.25. The van der Waals surface area contributed by atoms with Crippen molar-refractivity contribution in [2.45, 2.75) is 90.4 Å². The Morgan fingerprint density at radius 2 is 1.74 bits per heavy atom. The molecular formula is C26H39N3O6. The summed E-state index contributed by atoms with van der Waals surface area (Å²) in [6.07, 6.45) is 6.84. The Hall–Kier alpha value is -2.94. The van der Waals surface area contributed by atoms with Gasteiger partial charge in [-0.3, -0.25) is 14.9 Å². The standard InChI is InChI=1S/C26H39N3O6/c1-4-6-7-8-9-13-16-21(25(33)35-5-2)27-19(3)23(30)29-22(24(31)32)18-28(26(29)34)17-20-14-11-10-12-15-20/h10-12,14-15,19,21-22,27H,4-9,13,16-18H2,1-3H3,(H,31,32)/t19-,21-,22-/m0/s1. The van der Waals surface area contributed by atoms with Gasteiger partial charge in [-0.1, -0.05) is 75.8 Å². The average molecular weight is 490 g/mol. The van der Waals surface area contributed by atoms with Gasteiger partial charge in [-0.15, -0.1) is 0 Å². The normalized spacial score (nSPS) is 17.3. The van der Waals surface area contributed by atoms with Crippen LogP contribution in [0.1, 0.15) is 71.3 Å². The Kier molecular flexibility index (Phi) is 11.7. The summed E-state index contributed by atoms with van der Waals surface area (Å²) in [6, 6.07) is 5.61. The van der Waals surface area contributed by atoms with Gasteiger partial charge in [0, 0.05) is 6.54 Å². The van der Waals surface area contributed by atoms with Crippen molar-refractivity contribution in [2.24, 2.45) is 0 Å². The third-order valence-corrected chi connectivity index (χ3v) is 6.16. The lowest BCUT2D eigenvalue weighted by Crippen LogP contribution is -2.54. The molecule has 1 aromatic rings. The van der Waals surface area contributed by atoms with E-state index in [1.54, 1.807) is 13.8 Å². The van der Waals surface area contributed by atoms with E-state index in [0.29, 0.717) is 6.42 Å².